The van der Waals surface area contributed by atoms with Gasteiger partial charge in [0.1, 0.15) is 11.6 Å². The largest absolute Gasteiger partial charge is 0.507 e. The number of hydrogen-bond donors (Lipinski definition) is 2. The molecule has 0 aliphatic heterocycles. The van der Waals surface area contributed by atoms with Gasteiger partial charge in [0.15, 0.2) is 6.29 Å². The van der Waals surface area contributed by atoms with E-state index in [1.54, 1.807) is 30.6 Å². The third-order valence-corrected chi connectivity index (χ3v) is 3.62. The van der Waals surface area contributed by atoms with Gasteiger partial charge in [-0.3, -0.25) is 14.9 Å². The molecule has 7 heteroatoms. The number of nitro benzene ring substituents is 1. The van der Waals surface area contributed by atoms with E-state index in [9.17, 15) is 20.0 Å². The summed E-state index contributed by atoms with van der Waals surface area (Å²) in [5, 5.41) is 21.2. The summed E-state index contributed by atoms with van der Waals surface area (Å²) in [5.41, 5.74) is 1.62. The number of benzene rings is 2. The van der Waals surface area contributed by atoms with Gasteiger partial charge in [0.05, 0.1) is 10.5 Å². The van der Waals surface area contributed by atoms with Gasteiger partial charge in [-0.25, -0.2) is 4.98 Å². The number of hydrogen-bond acceptors (Lipinski definition) is 5. The second-order valence-corrected chi connectivity index (χ2v) is 5.22. The third kappa shape index (κ3) is 3.00. The molecule has 0 amide bonds. The first-order valence-corrected chi connectivity index (χ1v) is 7.12. The van der Waals surface area contributed by atoms with Gasteiger partial charge in [0, 0.05) is 36.5 Å². The van der Waals surface area contributed by atoms with Crippen LogP contribution < -0.4 is 0 Å². The lowest BCUT2D eigenvalue weighted by atomic mass is 9.97. The number of aldehydes is 1. The van der Waals surface area contributed by atoms with Crippen LogP contribution in [0.1, 0.15) is 21.7 Å². The van der Waals surface area contributed by atoms with Crippen LogP contribution in [0.3, 0.4) is 0 Å². The minimum absolute atomic E-state index is 0.0870. The zero-order valence-corrected chi connectivity index (χ0v) is 12.5. The molecule has 2 aromatic carbocycles. The molecule has 0 radical (unpaired) electrons. The lowest BCUT2D eigenvalue weighted by Crippen LogP contribution is -1.96. The van der Waals surface area contributed by atoms with Gasteiger partial charge in [-0.15, -0.1) is 0 Å². The quantitative estimate of drug-likeness (QED) is 0.426. The Morgan fingerprint density at radius 2 is 2.12 bits per heavy atom. The number of non-ortho nitro benzene ring substituents is 1. The number of carbonyl (C=O) groups excluding carboxylic acids is 1. The van der Waals surface area contributed by atoms with Gasteiger partial charge in [-0.1, -0.05) is 12.1 Å². The Balaban J connectivity index is 2.10. The fourth-order valence-electron chi connectivity index (χ4n) is 2.51. The number of nitro groups is 1. The molecule has 3 rings (SSSR count). The van der Waals surface area contributed by atoms with E-state index in [-0.39, 0.29) is 17.0 Å². The van der Waals surface area contributed by atoms with Crippen LogP contribution in [0, 0.1) is 10.1 Å². The lowest BCUT2D eigenvalue weighted by Gasteiger charge is -2.10. The summed E-state index contributed by atoms with van der Waals surface area (Å²) in [6, 6.07) is 9.18. The summed E-state index contributed by atoms with van der Waals surface area (Å²) in [6.07, 6.45) is 4.31. The predicted molar refractivity (Wildman–Crippen MR) is 87.0 cm³/mol. The molecule has 0 saturated carbocycles. The molecular formula is C17H13N3O4. The molecule has 0 fully saturated rings. The van der Waals surface area contributed by atoms with E-state index in [2.05, 4.69) is 9.97 Å². The Morgan fingerprint density at radius 1 is 1.29 bits per heavy atom. The van der Waals surface area contributed by atoms with Crippen molar-refractivity contribution in [2.24, 2.45) is 0 Å². The second-order valence-electron chi connectivity index (χ2n) is 5.22. The van der Waals surface area contributed by atoms with Crippen molar-refractivity contribution in [2.75, 3.05) is 0 Å². The average molecular weight is 323 g/mol. The van der Waals surface area contributed by atoms with E-state index in [0.29, 0.717) is 29.7 Å². The van der Waals surface area contributed by atoms with Crippen molar-refractivity contribution in [2.45, 2.75) is 6.42 Å². The third-order valence-electron chi connectivity index (χ3n) is 3.62. The molecule has 0 saturated heterocycles. The molecule has 0 aliphatic rings. The molecular weight excluding hydrogens is 310 g/mol. The SMILES string of the molecule is O=Cc1cc(Cc2ncc[nH]2)cc(-c2cccc([N+](=O)[O-])c2)c1O. The normalized spacial score (nSPS) is 10.5. The highest BCUT2D eigenvalue weighted by molar-refractivity contribution is 5.86. The number of phenolic OH excluding ortho intramolecular Hbond substituents is 1. The van der Waals surface area contributed by atoms with Crippen molar-refractivity contribution in [3.63, 3.8) is 0 Å². The van der Waals surface area contributed by atoms with Gasteiger partial charge in [-0.2, -0.15) is 0 Å². The van der Waals surface area contributed by atoms with Crippen LogP contribution in [-0.4, -0.2) is 26.3 Å². The summed E-state index contributed by atoms with van der Waals surface area (Å²) in [5.74, 6) is 0.510. The highest BCUT2D eigenvalue weighted by atomic mass is 16.6. The molecule has 2 N–H and O–H groups in total. The molecule has 1 aromatic heterocycles. The molecule has 7 nitrogen and oxygen atoms in total. The zero-order valence-electron chi connectivity index (χ0n) is 12.5. The van der Waals surface area contributed by atoms with E-state index in [0.717, 1.165) is 5.56 Å². The van der Waals surface area contributed by atoms with Gasteiger partial charge in [0.25, 0.3) is 5.69 Å². The van der Waals surface area contributed by atoms with Crippen molar-refractivity contribution in [1.29, 1.82) is 0 Å². The topological polar surface area (TPSA) is 109 Å². The van der Waals surface area contributed by atoms with Crippen LogP contribution in [0.25, 0.3) is 11.1 Å². The molecule has 0 spiro atoms. The van der Waals surface area contributed by atoms with Gasteiger partial charge in [-0.05, 0) is 23.3 Å². The lowest BCUT2D eigenvalue weighted by molar-refractivity contribution is -0.384. The van der Waals surface area contributed by atoms with E-state index in [1.165, 1.54) is 18.2 Å². The Labute approximate surface area is 136 Å². The molecule has 24 heavy (non-hydrogen) atoms. The number of rotatable bonds is 5. The van der Waals surface area contributed by atoms with Crippen molar-refractivity contribution in [3.05, 3.63) is 75.9 Å². The summed E-state index contributed by atoms with van der Waals surface area (Å²) in [7, 11) is 0. The molecule has 0 unspecified atom stereocenters. The van der Waals surface area contributed by atoms with Crippen molar-refractivity contribution < 1.29 is 14.8 Å². The van der Waals surface area contributed by atoms with Crippen molar-refractivity contribution in [1.82, 2.24) is 9.97 Å². The highest BCUT2D eigenvalue weighted by Gasteiger charge is 2.15. The first-order valence-electron chi connectivity index (χ1n) is 7.12. The Bertz CT molecular complexity index is 904. The highest BCUT2D eigenvalue weighted by Crippen LogP contribution is 2.34. The summed E-state index contributed by atoms with van der Waals surface area (Å²) >= 11 is 0. The van der Waals surface area contributed by atoms with Crippen LogP contribution >= 0.6 is 0 Å². The van der Waals surface area contributed by atoms with E-state index in [1.807, 2.05) is 0 Å². The maximum Gasteiger partial charge on any atom is 0.270 e. The number of aromatic hydroxyl groups is 1. The van der Waals surface area contributed by atoms with Crippen LogP contribution in [0.15, 0.2) is 48.8 Å². The average Bonchev–Trinajstić information content (AvgIpc) is 3.09. The van der Waals surface area contributed by atoms with Gasteiger partial charge < -0.3 is 10.1 Å². The van der Waals surface area contributed by atoms with E-state index in [4.69, 9.17) is 0 Å². The van der Waals surface area contributed by atoms with Crippen LogP contribution in [0.5, 0.6) is 5.75 Å². The number of imidazole rings is 1. The zero-order chi connectivity index (χ0) is 17.1. The number of carbonyl (C=O) groups is 1. The predicted octanol–water partition coefficient (Wildman–Crippen LogP) is 3.09. The molecule has 120 valence electrons. The van der Waals surface area contributed by atoms with E-state index >= 15 is 0 Å². The standard InChI is InChI=1S/C17H13N3O4/c21-10-13-6-11(8-16-18-4-5-19-16)7-15(17(13)22)12-2-1-3-14(9-12)20(23)24/h1-7,9-10,22H,8H2,(H,18,19). The summed E-state index contributed by atoms with van der Waals surface area (Å²) < 4.78 is 0. The number of aromatic nitrogens is 2. The summed E-state index contributed by atoms with van der Waals surface area (Å²) in [6.45, 7) is 0. The molecule has 0 bridgehead atoms. The van der Waals surface area contributed by atoms with Crippen LogP contribution in [0.2, 0.25) is 0 Å². The molecule has 1 heterocycles. The molecule has 3 aromatic rings. The van der Waals surface area contributed by atoms with Gasteiger partial charge in [0.2, 0.25) is 0 Å². The minimum Gasteiger partial charge on any atom is -0.507 e. The number of nitrogens with zero attached hydrogens (tertiary/aromatic N) is 2. The van der Waals surface area contributed by atoms with Gasteiger partial charge >= 0.3 is 0 Å². The molecule has 0 aliphatic carbocycles. The number of phenols is 1. The fourth-order valence-corrected chi connectivity index (χ4v) is 2.51. The van der Waals surface area contributed by atoms with Crippen molar-refractivity contribution >= 4 is 12.0 Å². The number of nitrogens with one attached hydrogen (secondary N) is 1. The van der Waals surface area contributed by atoms with E-state index < -0.39 is 4.92 Å². The number of H-pyrrole nitrogens is 1. The first-order chi connectivity index (χ1) is 11.6. The van der Waals surface area contributed by atoms with Crippen LogP contribution in [-0.2, 0) is 6.42 Å². The van der Waals surface area contributed by atoms with Crippen LogP contribution in [0.4, 0.5) is 5.69 Å². The Hall–Kier alpha value is -3.48. The maximum atomic E-state index is 11.2. The smallest absolute Gasteiger partial charge is 0.270 e. The molecule has 0 atom stereocenters. The Kier molecular flexibility index (Phi) is 4.07. The van der Waals surface area contributed by atoms with Crippen molar-refractivity contribution in [3.8, 4) is 16.9 Å². The fraction of sp³-hybridized carbons (Fsp3) is 0.0588. The summed E-state index contributed by atoms with van der Waals surface area (Å²) in [4.78, 5) is 28.8. The Morgan fingerprint density at radius 3 is 2.79 bits per heavy atom. The number of aromatic amines is 1. The second kappa shape index (κ2) is 6.33. The first kappa shape index (κ1) is 15.4. The minimum atomic E-state index is -0.506. The maximum absolute atomic E-state index is 11.2. The monoisotopic (exact) mass is 323 g/mol.